The summed E-state index contributed by atoms with van der Waals surface area (Å²) in [6.45, 7) is 7.28. The van der Waals surface area contributed by atoms with Crippen molar-refractivity contribution in [3.8, 4) is 0 Å². The Morgan fingerprint density at radius 2 is 1.07 bits per heavy atom. The average Bonchev–Trinajstić information content (AvgIpc) is 2.89. The lowest BCUT2D eigenvalue weighted by atomic mass is 10.2. The van der Waals surface area contributed by atoms with E-state index in [1.54, 1.807) is 43.2 Å². The van der Waals surface area contributed by atoms with Crippen molar-refractivity contribution < 1.29 is 62.0 Å². The van der Waals surface area contributed by atoms with Gasteiger partial charge in [0.2, 0.25) is 11.8 Å². The summed E-state index contributed by atoms with van der Waals surface area (Å²) < 4.78 is 36.9. The first-order valence-electron chi connectivity index (χ1n) is 13.0. The van der Waals surface area contributed by atoms with E-state index < -0.39 is 29.7 Å². The summed E-state index contributed by atoms with van der Waals surface area (Å²) in [6, 6.07) is 0. The van der Waals surface area contributed by atoms with E-state index in [0.29, 0.717) is 26.1 Å². The fraction of sp³-hybridized carbons (Fsp3) is 0.750. The molecule has 0 aliphatic carbocycles. The van der Waals surface area contributed by atoms with Gasteiger partial charge in [0.15, 0.2) is 0 Å². The normalized spacial score (nSPS) is 10.7. The molecule has 0 aliphatic heterocycles. The molecule has 0 aromatic heterocycles. The molecule has 0 radical (unpaired) electrons. The molecule has 0 saturated heterocycles. The van der Waals surface area contributed by atoms with E-state index >= 15 is 0 Å². The first-order chi connectivity index (χ1) is 20.3. The standard InChI is InChI=1S/C14H25NO5S2.C8H16N2O3S2.C2HF3O2/c1-14(2,3)20-13(19)5-4-9-21-22-10-8-15-11(16)6-7-12(17)18;9-3-5-14-15-6-4-10-7(11)1-2-8(12)13;3-2(4,5)1(6)7/h4-10H2,1-3H3,(H,15,16)(H,17,18);1-6,9H2,(H,10,11)(H,12,13);(H,6,7). The van der Waals surface area contributed by atoms with Gasteiger partial charge in [0.1, 0.15) is 5.60 Å². The molecular formula is C24H42F3N3O10S4. The van der Waals surface area contributed by atoms with Crippen LogP contribution in [-0.2, 0) is 33.5 Å². The molecular weight excluding hydrogens is 676 g/mol. The monoisotopic (exact) mass is 717 g/mol. The summed E-state index contributed by atoms with van der Waals surface area (Å²) in [5.41, 5.74) is 4.87. The summed E-state index contributed by atoms with van der Waals surface area (Å²) in [5, 5.41) is 29.2. The third-order valence-electron chi connectivity index (χ3n) is 3.79. The first kappa shape index (κ1) is 46.4. The highest BCUT2D eigenvalue weighted by atomic mass is 33.1. The van der Waals surface area contributed by atoms with E-state index in [4.69, 9.17) is 30.6 Å². The van der Waals surface area contributed by atoms with Gasteiger partial charge < -0.3 is 36.4 Å². The minimum atomic E-state index is -5.08. The molecule has 0 fully saturated rings. The zero-order valence-corrected chi connectivity index (χ0v) is 28.0. The lowest BCUT2D eigenvalue weighted by molar-refractivity contribution is -0.192. The second kappa shape index (κ2) is 28.4. The molecule has 44 heavy (non-hydrogen) atoms. The van der Waals surface area contributed by atoms with Crippen LogP contribution in [0.2, 0.25) is 0 Å². The van der Waals surface area contributed by atoms with Crippen LogP contribution in [0.25, 0.3) is 0 Å². The predicted molar refractivity (Wildman–Crippen MR) is 167 cm³/mol. The number of alkyl halides is 3. The number of esters is 1. The fourth-order valence-corrected chi connectivity index (χ4v) is 5.79. The van der Waals surface area contributed by atoms with Crippen molar-refractivity contribution >= 4 is 78.9 Å². The van der Waals surface area contributed by atoms with Crippen molar-refractivity contribution in [1.29, 1.82) is 0 Å². The van der Waals surface area contributed by atoms with Crippen LogP contribution in [0.5, 0.6) is 0 Å². The van der Waals surface area contributed by atoms with Crippen LogP contribution in [-0.4, -0.2) is 105 Å². The van der Waals surface area contributed by atoms with Gasteiger partial charge in [-0.15, -0.1) is 0 Å². The Morgan fingerprint density at radius 1 is 0.682 bits per heavy atom. The summed E-state index contributed by atoms with van der Waals surface area (Å²) in [4.78, 5) is 63.0. The molecule has 20 heteroatoms. The number of hydrogen-bond acceptors (Lipinski definition) is 12. The van der Waals surface area contributed by atoms with Crippen molar-refractivity contribution in [3.63, 3.8) is 0 Å². The second-order valence-electron chi connectivity index (χ2n) is 9.06. The molecule has 13 nitrogen and oxygen atoms in total. The first-order valence-corrected chi connectivity index (χ1v) is 18.0. The Balaban J connectivity index is -0.000000656. The minimum Gasteiger partial charge on any atom is -0.481 e. The number of aliphatic carboxylic acids is 3. The number of carboxylic acid groups (broad SMARTS) is 3. The van der Waals surface area contributed by atoms with Crippen LogP contribution in [0.4, 0.5) is 13.2 Å². The van der Waals surface area contributed by atoms with Crippen LogP contribution < -0.4 is 16.4 Å². The lowest BCUT2D eigenvalue weighted by Gasteiger charge is -2.19. The molecule has 0 spiro atoms. The van der Waals surface area contributed by atoms with E-state index in [1.807, 2.05) is 20.8 Å². The lowest BCUT2D eigenvalue weighted by Crippen LogP contribution is -2.25. The maximum atomic E-state index is 11.5. The summed E-state index contributed by atoms with van der Waals surface area (Å²) in [6.07, 6.45) is -4.09. The smallest absolute Gasteiger partial charge is 0.481 e. The molecule has 7 N–H and O–H groups in total. The molecule has 0 saturated carbocycles. The van der Waals surface area contributed by atoms with Gasteiger partial charge in [0.25, 0.3) is 0 Å². The SMILES string of the molecule is CC(C)(C)OC(=O)CCCSSCCNC(=O)CCC(=O)O.NCCSSCCNC(=O)CCC(=O)O.O=C(O)C(F)(F)F. The summed E-state index contributed by atoms with van der Waals surface area (Å²) in [7, 11) is 6.58. The molecule has 0 unspecified atom stereocenters. The van der Waals surface area contributed by atoms with Gasteiger partial charge in [-0.2, -0.15) is 13.2 Å². The fourth-order valence-electron chi connectivity index (χ4n) is 2.03. The van der Waals surface area contributed by atoms with Crippen LogP contribution in [0.1, 0.15) is 59.3 Å². The topological polar surface area (TPSA) is 222 Å². The van der Waals surface area contributed by atoms with Crippen LogP contribution in [0.3, 0.4) is 0 Å². The Labute approximate surface area is 270 Å². The largest absolute Gasteiger partial charge is 0.490 e. The third-order valence-corrected chi connectivity index (χ3v) is 8.72. The third kappa shape index (κ3) is 42.1. The maximum absolute atomic E-state index is 11.5. The zero-order valence-electron chi connectivity index (χ0n) is 24.7. The summed E-state index contributed by atoms with van der Waals surface area (Å²) >= 11 is 0. The number of ether oxygens (including phenoxy) is 1. The second-order valence-corrected chi connectivity index (χ2v) is 14.5. The predicted octanol–water partition coefficient (Wildman–Crippen LogP) is 3.41. The highest BCUT2D eigenvalue weighted by molar-refractivity contribution is 8.77. The number of carbonyl (C=O) groups is 6. The van der Waals surface area contributed by atoms with E-state index in [9.17, 15) is 37.1 Å². The molecule has 0 aliphatic rings. The molecule has 0 aromatic rings. The van der Waals surface area contributed by atoms with Gasteiger partial charge in [0, 0.05) is 61.9 Å². The van der Waals surface area contributed by atoms with Crippen molar-refractivity contribution in [2.24, 2.45) is 5.73 Å². The maximum Gasteiger partial charge on any atom is 0.490 e. The average molecular weight is 718 g/mol. The number of nitrogens with two attached hydrogens (primary N) is 1. The van der Waals surface area contributed by atoms with Crippen LogP contribution in [0.15, 0.2) is 0 Å². The Hall–Kier alpha value is -2.03. The van der Waals surface area contributed by atoms with E-state index in [2.05, 4.69) is 10.6 Å². The molecule has 0 bridgehead atoms. The van der Waals surface area contributed by atoms with Gasteiger partial charge in [-0.05, 0) is 27.2 Å². The van der Waals surface area contributed by atoms with Gasteiger partial charge in [0.05, 0.1) is 12.8 Å². The number of halogens is 3. The molecule has 0 heterocycles. The highest BCUT2D eigenvalue weighted by Crippen LogP contribution is 2.22. The van der Waals surface area contributed by atoms with Gasteiger partial charge in [-0.1, -0.05) is 43.2 Å². The number of nitrogens with one attached hydrogen (secondary N) is 2. The minimum absolute atomic E-state index is 0.0169. The van der Waals surface area contributed by atoms with E-state index in [0.717, 1.165) is 29.4 Å². The van der Waals surface area contributed by atoms with E-state index in [-0.39, 0.29) is 43.5 Å². The number of hydrogen-bond donors (Lipinski definition) is 6. The number of carboxylic acids is 3. The van der Waals surface area contributed by atoms with Crippen molar-refractivity contribution in [1.82, 2.24) is 10.6 Å². The summed E-state index contributed by atoms with van der Waals surface area (Å²) in [5.74, 6) is -1.99. The molecule has 2 amide bonds. The van der Waals surface area contributed by atoms with E-state index in [1.165, 1.54) is 0 Å². The quantitative estimate of drug-likeness (QED) is 0.0603. The Kier molecular flexibility index (Phi) is 30.0. The highest BCUT2D eigenvalue weighted by Gasteiger charge is 2.38. The van der Waals surface area contributed by atoms with Gasteiger partial charge >= 0.3 is 30.1 Å². The number of rotatable bonds is 20. The zero-order chi connectivity index (χ0) is 34.6. The molecule has 258 valence electrons. The number of carbonyl (C=O) groups excluding carboxylic acids is 3. The molecule has 0 atom stereocenters. The number of amides is 2. The van der Waals surface area contributed by atoms with Crippen molar-refractivity contribution in [2.45, 2.75) is 71.1 Å². The van der Waals surface area contributed by atoms with Gasteiger partial charge in [-0.3, -0.25) is 24.0 Å². The molecule has 0 rings (SSSR count). The van der Waals surface area contributed by atoms with Crippen molar-refractivity contribution in [2.75, 3.05) is 42.6 Å². The van der Waals surface area contributed by atoms with Gasteiger partial charge in [-0.25, -0.2) is 4.79 Å². The van der Waals surface area contributed by atoms with Crippen molar-refractivity contribution in [3.05, 3.63) is 0 Å². The molecule has 0 aromatic carbocycles. The Bertz CT molecular complexity index is 864. The van der Waals surface area contributed by atoms with Crippen LogP contribution >= 0.6 is 43.2 Å². The van der Waals surface area contributed by atoms with Crippen LogP contribution in [0, 0.1) is 0 Å². The Morgan fingerprint density at radius 3 is 1.41 bits per heavy atom.